The fourth-order valence-corrected chi connectivity index (χ4v) is 8.70. The van der Waals surface area contributed by atoms with Crippen LogP contribution in [-0.2, 0) is 0 Å². The zero-order chi connectivity index (χ0) is 41.0. The normalized spacial score (nSPS) is 11.5. The molecule has 0 aliphatic rings. The molecule has 12 aromatic rings. The summed E-state index contributed by atoms with van der Waals surface area (Å²) in [7, 11) is 0. The first kappa shape index (κ1) is 35.5. The number of aromatic nitrogens is 5. The van der Waals surface area contributed by atoms with E-state index >= 15 is 0 Å². The Labute approximate surface area is 357 Å². The predicted octanol–water partition coefficient (Wildman–Crippen LogP) is 14.3. The number of para-hydroxylation sites is 3. The second-order valence-corrected chi connectivity index (χ2v) is 15.4. The second-order valence-electron chi connectivity index (χ2n) is 15.4. The Kier molecular flexibility index (Phi) is 8.38. The topological polar surface area (TPSA) is 69.6 Å². The number of hydrogen-bond donors (Lipinski definition) is 0. The summed E-state index contributed by atoms with van der Waals surface area (Å²) in [5, 5.41) is 10.8. The molecule has 0 unspecified atom stereocenters. The van der Waals surface area contributed by atoms with Crippen LogP contribution in [0.3, 0.4) is 0 Å². The van der Waals surface area contributed by atoms with Crippen LogP contribution >= 0.6 is 0 Å². The van der Waals surface area contributed by atoms with E-state index in [1.54, 1.807) is 0 Å². The summed E-state index contributed by atoms with van der Waals surface area (Å²) in [6.07, 6.45) is 0. The number of benzene rings is 9. The average molecular weight is 794 g/mol. The highest BCUT2D eigenvalue weighted by molar-refractivity contribution is 6.18. The van der Waals surface area contributed by atoms with E-state index in [2.05, 4.69) is 156 Å². The molecule has 0 aliphatic carbocycles. The first-order valence-corrected chi connectivity index (χ1v) is 20.7. The predicted molar refractivity (Wildman–Crippen MR) is 252 cm³/mol. The van der Waals surface area contributed by atoms with Crippen molar-refractivity contribution in [2.45, 2.75) is 0 Å². The van der Waals surface area contributed by atoms with E-state index in [9.17, 15) is 0 Å². The average Bonchev–Trinajstić information content (AvgIpc) is 3.95. The molecule has 0 amide bonds. The number of hydrogen-bond acceptors (Lipinski definition) is 5. The SMILES string of the molecule is c1ccc(-c2nc(-c3ccc(-c4cccc5c4oc4ccccc45)cc3)nc(-c3ccc4cc(-c5ccccc5)c5c(-c6ccccc6)nn(-c6ccccc6)c5c4c3)n2)cc1. The van der Waals surface area contributed by atoms with Crippen molar-refractivity contribution in [2.75, 3.05) is 0 Å². The van der Waals surface area contributed by atoms with E-state index in [1.165, 1.54) is 0 Å². The lowest BCUT2D eigenvalue weighted by Gasteiger charge is -2.13. The van der Waals surface area contributed by atoms with Crippen molar-refractivity contribution in [2.24, 2.45) is 0 Å². The molecule has 6 nitrogen and oxygen atoms in total. The lowest BCUT2D eigenvalue weighted by molar-refractivity contribution is 0.670. The van der Waals surface area contributed by atoms with Crippen molar-refractivity contribution in [3.63, 3.8) is 0 Å². The van der Waals surface area contributed by atoms with E-state index in [-0.39, 0.29) is 0 Å². The van der Waals surface area contributed by atoms with E-state index in [1.807, 2.05) is 60.7 Å². The van der Waals surface area contributed by atoms with Gasteiger partial charge in [-0.1, -0.05) is 182 Å². The van der Waals surface area contributed by atoms with Crippen molar-refractivity contribution in [1.82, 2.24) is 24.7 Å². The van der Waals surface area contributed by atoms with Crippen LogP contribution in [0.4, 0.5) is 0 Å². The van der Waals surface area contributed by atoms with Crippen molar-refractivity contribution in [3.05, 3.63) is 212 Å². The van der Waals surface area contributed by atoms with Crippen LogP contribution in [0.2, 0.25) is 0 Å². The largest absolute Gasteiger partial charge is 0.455 e. The molecule has 9 aromatic carbocycles. The first-order valence-electron chi connectivity index (χ1n) is 20.7. The summed E-state index contributed by atoms with van der Waals surface area (Å²) in [5.41, 5.74) is 12.7. The van der Waals surface area contributed by atoms with Crippen LogP contribution in [-0.4, -0.2) is 24.7 Å². The van der Waals surface area contributed by atoms with Gasteiger partial charge in [0.1, 0.15) is 16.9 Å². The third-order valence-corrected chi connectivity index (χ3v) is 11.7. The van der Waals surface area contributed by atoms with Crippen LogP contribution < -0.4 is 0 Å². The maximum Gasteiger partial charge on any atom is 0.164 e. The van der Waals surface area contributed by atoms with Gasteiger partial charge in [0.25, 0.3) is 0 Å². The Morgan fingerprint density at radius 2 is 0.903 bits per heavy atom. The molecule has 0 atom stereocenters. The molecule has 0 fully saturated rings. The Morgan fingerprint density at radius 1 is 0.371 bits per heavy atom. The molecule has 62 heavy (non-hydrogen) atoms. The highest BCUT2D eigenvalue weighted by Crippen LogP contribution is 2.43. The van der Waals surface area contributed by atoms with Gasteiger partial charge in [-0.2, -0.15) is 5.10 Å². The molecule has 3 heterocycles. The summed E-state index contributed by atoms with van der Waals surface area (Å²) in [5.74, 6) is 1.78. The summed E-state index contributed by atoms with van der Waals surface area (Å²) in [6, 6.07) is 73.3. The molecule has 12 rings (SSSR count). The molecule has 3 aromatic heterocycles. The van der Waals surface area contributed by atoms with E-state index in [0.29, 0.717) is 17.5 Å². The summed E-state index contributed by atoms with van der Waals surface area (Å²) >= 11 is 0. The van der Waals surface area contributed by atoms with Gasteiger partial charge in [0, 0.05) is 49.4 Å². The van der Waals surface area contributed by atoms with Crippen LogP contribution in [0.5, 0.6) is 0 Å². The Morgan fingerprint density at radius 3 is 1.61 bits per heavy atom. The molecule has 0 aliphatic heterocycles. The zero-order valence-electron chi connectivity index (χ0n) is 33.4. The van der Waals surface area contributed by atoms with Crippen LogP contribution in [0.1, 0.15) is 0 Å². The number of fused-ring (bicyclic) bond motifs is 6. The zero-order valence-corrected chi connectivity index (χ0v) is 33.4. The van der Waals surface area contributed by atoms with Gasteiger partial charge in [-0.15, -0.1) is 0 Å². The van der Waals surface area contributed by atoms with E-state index in [0.717, 1.165) is 99.5 Å². The van der Waals surface area contributed by atoms with Gasteiger partial charge in [0.2, 0.25) is 0 Å². The number of rotatable bonds is 7. The van der Waals surface area contributed by atoms with Gasteiger partial charge < -0.3 is 4.42 Å². The summed E-state index contributed by atoms with van der Waals surface area (Å²) < 4.78 is 8.48. The van der Waals surface area contributed by atoms with Gasteiger partial charge in [0.15, 0.2) is 17.5 Å². The summed E-state index contributed by atoms with van der Waals surface area (Å²) in [6.45, 7) is 0. The van der Waals surface area contributed by atoms with E-state index < -0.39 is 0 Å². The molecular weight excluding hydrogens is 759 g/mol. The maximum atomic E-state index is 6.39. The monoisotopic (exact) mass is 793 g/mol. The van der Waals surface area contributed by atoms with Crippen molar-refractivity contribution in [1.29, 1.82) is 0 Å². The molecule has 6 heteroatoms. The minimum atomic E-state index is 0.584. The quantitative estimate of drug-likeness (QED) is 0.161. The van der Waals surface area contributed by atoms with Gasteiger partial charge >= 0.3 is 0 Å². The van der Waals surface area contributed by atoms with Crippen molar-refractivity contribution in [3.8, 4) is 73.4 Å². The molecule has 290 valence electrons. The maximum absolute atomic E-state index is 6.39. The third kappa shape index (κ3) is 6.04. The molecule has 0 saturated carbocycles. The third-order valence-electron chi connectivity index (χ3n) is 11.7. The highest BCUT2D eigenvalue weighted by Gasteiger charge is 2.22. The van der Waals surface area contributed by atoms with Crippen molar-refractivity contribution < 1.29 is 4.42 Å². The summed E-state index contributed by atoms with van der Waals surface area (Å²) in [4.78, 5) is 15.4. The molecule has 0 saturated heterocycles. The van der Waals surface area contributed by atoms with Gasteiger partial charge in [-0.05, 0) is 52.4 Å². The van der Waals surface area contributed by atoms with Gasteiger partial charge in [-0.3, -0.25) is 0 Å². The standard InChI is InChI=1S/C56H35N5O/c1-5-16-36(17-6-1)47-34-41-32-33-42(35-48(41)52-50(47)51(38-18-7-2-8-19-38)60-61(52)43-22-11-4-12-23-43)56-58-54(39-20-9-3-10-21-39)57-55(59-56)40-30-28-37(29-31-40)44-25-15-26-46-45-24-13-14-27-49(45)62-53(44)46/h1-35H. The number of furan rings is 1. The minimum absolute atomic E-state index is 0.584. The fourth-order valence-electron chi connectivity index (χ4n) is 8.70. The Hall–Kier alpha value is -8.48. The second kappa shape index (κ2) is 14.7. The van der Waals surface area contributed by atoms with Gasteiger partial charge in [-0.25, -0.2) is 19.6 Å². The van der Waals surface area contributed by atoms with Crippen LogP contribution in [0.15, 0.2) is 217 Å². The van der Waals surface area contributed by atoms with Gasteiger partial charge in [0.05, 0.1) is 11.2 Å². The highest BCUT2D eigenvalue weighted by atomic mass is 16.3. The van der Waals surface area contributed by atoms with E-state index in [4.69, 9.17) is 24.5 Å². The minimum Gasteiger partial charge on any atom is -0.455 e. The van der Waals surface area contributed by atoms with Crippen LogP contribution in [0.25, 0.3) is 117 Å². The van der Waals surface area contributed by atoms with Crippen molar-refractivity contribution >= 4 is 43.6 Å². The first-order chi connectivity index (χ1) is 30.7. The molecule has 0 radical (unpaired) electrons. The smallest absolute Gasteiger partial charge is 0.164 e. The molecule has 0 bridgehead atoms. The van der Waals surface area contributed by atoms with Crippen LogP contribution in [0, 0.1) is 0 Å². The molecular formula is C56H35N5O. The lowest BCUT2D eigenvalue weighted by Crippen LogP contribution is -2.00. The molecule has 0 N–H and O–H groups in total. The lowest BCUT2D eigenvalue weighted by atomic mass is 9.93. The fraction of sp³-hybridized carbons (Fsp3) is 0. The number of nitrogens with zero attached hydrogens (tertiary/aromatic N) is 5. The molecule has 0 spiro atoms. The Balaban J connectivity index is 1.05. The Bertz CT molecular complexity index is 3600.